The van der Waals surface area contributed by atoms with Crippen molar-refractivity contribution in [2.45, 2.75) is 47.3 Å². The molecule has 0 N–H and O–H groups in total. The highest BCUT2D eigenvalue weighted by Gasteiger charge is 2.14. The number of carbonyl (C=O) groups is 1. The van der Waals surface area contributed by atoms with Gasteiger partial charge in [-0.25, -0.2) is 4.79 Å². The smallest absolute Gasteiger partial charge is 0.338 e. The van der Waals surface area contributed by atoms with Gasteiger partial charge >= 0.3 is 5.97 Å². The Kier molecular flexibility index (Phi) is 6.08. The van der Waals surface area contributed by atoms with Gasteiger partial charge in [0.25, 0.3) is 5.89 Å². The van der Waals surface area contributed by atoms with E-state index in [4.69, 9.17) is 18.5 Å². The molecule has 1 aromatic carbocycles. The second-order valence-electron chi connectivity index (χ2n) is 6.90. The van der Waals surface area contributed by atoms with Crippen molar-refractivity contribution < 1.29 is 23.3 Å². The maximum atomic E-state index is 12.3. The third kappa shape index (κ3) is 4.97. The number of nitrogens with zero attached hydrogens (tertiary/aromatic N) is 3. The van der Waals surface area contributed by atoms with E-state index in [1.165, 1.54) is 0 Å². The molecule has 0 aliphatic heterocycles. The van der Waals surface area contributed by atoms with Crippen molar-refractivity contribution in [2.24, 2.45) is 5.92 Å². The lowest BCUT2D eigenvalue weighted by atomic mass is 10.1. The molecule has 2 aromatic heterocycles. The van der Waals surface area contributed by atoms with Gasteiger partial charge < -0.3 is 18.5 Å². The van der Waals surface area contributed by atoms with E-state index in [1.54, 1.807) is 24.3 Å². The Bertz CT molecular complexity index is 925. The van der Waals surface area contributed by atoms with Crippen LogP contribution in [-0.4, -0.2) is 21.3 Å². The van der Waals surface area contributed by atoms with Gasteiger partial charge in [-0.3, -0.25) is 0 Å². The van der Waals surface area contributed by atoms with E-state index < -0.39 is 5.97 Å². The third-order valence-electron chi connectivity index (χ3n) is 4.06. The van der Waals surface area contributed by atoms with Crippen LogP contribution in [0.3, 0.4) is 0 Å². The van der Waals surface area contributed by atoms with Crippen LogP contribution in [0.4, 0.5) is 0 Å². The van der Waals surface area contributed by atoms with E-state index in [-0.39, 0.29) is 12.5 Å². The molecule has 0 bridgehead atoms. The SMILES string of the molecule is Cc1noc(C)c1COc1cccc(C(=O)OCc2nc(CC(C)C)no2)c1. The minimum atomic E-state index is -0.494. The highest BCUT2D eigenvalue weighted by atomic mass is 16.6. The molecule has 0 radical (unpaired) electrons. The van der Waals surface area contributed by atoms with Crippen LogP contribution in [0.15, 0.2) is 33.3 Å². The van der Waals surface area contributed by atoms with Crippen LogP contribution < -0.4 is 4.74 Å². The Morgan fingerprint density at radius 2 is 1.96 bits per heavy atom. The summed E-state index contributed by atoms with van der Waals surface area (Å²) in [5.74, 6) is 2.06. The summed E-state index contributed by atoms with van der Waals surface area (Å²) in [5.41, 5.74) is 2.05. The molecule has 2 heterocycles. The van der Waals surface area contributed by atoms with Crippen LogP contribution >= 0.6 is 0 Å². The molecule has 148 valence electrons. The molecule has 0 fully saturated rings. The number of aromatic nitrogens is 3. The number of aryl methyl sites for hydroxylation is 2. The van der Waals surface area contributed by atoms with Gasteiger partial charge in [0.1, 0.15) is 18.1 Å². The lowest BCUT2D eigenvalue weighted by Gasteiger charge is -2.07. The average molecular weight is 385 g/mol. The summed E-state index contributed by atoms with van der Waals surface area (Å²) in [6, 6.07) is 6.78. The van der Waals surface area contributed by atoms with Crippen LogP contribution in [0.5, 0.6) is 5.75 Å². The van der Waals surface area contributed by atoms with Crippen molar-refractivity contribution in [3.63, 3.8) is 0 Å². The molecular weight excluding hydrogens is 362 g/mol. The van der Waals surface area contributed by atoms with E-state index in [0.717, 1.165) is 11.3 Å². The Balaban J connectivity index is 1.57. The van der Waals surface area contributed by atoms with E-state index in [2.05, 4.69) is 29.1 Å². The van der Waals surface area contributed by atoms with Crippen LogP contribution in [0.25, 0.3) is 0 Å². The van der Waals surface area contributed by atoms with Gasteiger partial charge in [-0.15, -0.1) is 0 Å². The van der Waals surface area contributed by atoms with Gasteiger partial charge in [-0.05, 0) is 38.0 Å². The molecule has 28 heavy (non-hydrogen) atoms. The van der Waals surface area contributed by atoms with Gasteiger partial charge in [0.2, 0.25) is 0 Å². The first kappa shape index (κ1) is 19.6. The number of carbonyl (C=O) groups excluding carboxylic acids is 1. The normalized spacial score (nSPS) is 11.0. The lowest BCUT2D eigenvalue weighted by Crippen LogP contribution is -2.06. The summed E-state index contributed by atoms with van der Waals surface area (Å²) in [6.45, 7) is 8.05. The third-order valence-corrected chi connectivity index (χ3v) is 4.06. The molecular formula is C20H23N3O5. The maximum Gasteiger partial charge on any atom is 0.338 e. The second-order valence-corrected chi connectivity index (χ2v) is 6.90. The lowest BCUT2D eigenvalue weighted by molar-refractivity contribution is 0.0429. The molecule has 0 aliphatic carbocycles. The maximum absolute atomic E-state index is 12.3. The molecule has 0 aliphatic rings. The number of hydrogen-bond donors (Lipinski definition) is 0. The highest BCUT2D eigenvalue weighted by molar-refractivity contribution is 5.89. The van der Waals surface area contributed by atoms with Crippen molar-refractivity contribution in [3.05, 3.63) is 58.6 Å². The van der Waals surface area contributed by atoms with Gasteiger partial charge in [-0.1, -0.05) is 30.2 Å². The Morgan fingerprint density at radius 3 is 2.68 bits per heavy atom. The van der Waals surface area contributed by atoms with Crippen LogP contribution in [0.1, 0.15) is 52.9 Å². The summed E-state index contributed by atoms with van der Waals surface area (Å²) in [7, 11) is 0. The molecule has 0 unspecified atom stereocenters. The second kappa shape index (κ2) is 8.69. The predicted octanol–water partition coefficient (Wildman–Crippen LogP) is 3.81. The summed E-state index contributed by atoms with van der Waals surface area (Å²) < 4.78 is 21.2. The fraction of sp³-hybridized carbons (Fsp3) is 0.400. The standard InChI is InChI=1S/C20H23N3O5/c1-12(2)8-18-21-19(28-23-18)11-26-20(24)15-6-5-7-16(9-15)25-10-17-13(3)22-27-14(17)4/h5-7,9,12H,8,10-11H2,1-4H3. The van der Waals surface area contributed by atoms with Crippen molar-refractivity contribution in [1.82, 2.24) is 15.3 Å². The van der Waals surface area contributed by atoms with E-state index in [0.29, 0.717) is 41.8 Å². The summed E-state index contributed by atoms with van der Waals surface area (Å²) in [6.07, 6.45) is 0.710. The predicted molar refractivity (Wildman–Crippen MR) is 98.7 cm³/mol. The largest absolute Gasteiger partial charge is 0.489 e. The first-order valence-corrected chi connectivity index (χ1v) is 9.05. The molecule has 0 saturated carbocycles. The van der Waals surface area contributed by atoms with E-state index in [9.17, 15) is 4.79 Å². The van der Waals surface area contributed by atoms with Crippen LogP contribution in [0.2, 0.25) is 0 Å². The molecule has 0 amide bonds. The molecule has 8 nitrogen and oxygen atoms in total. The minimum absolute atomic E-state index is 0.0753. The topological polar surface area (TPSA) is 100 Å². The zero-order valence-electron chi connectivity index (χ0n) is 16.4. The van der Waals surface area contributed by atoms with Gasteiger partial charge in [0, 0.05) is 6.42 Å². The zero-order chi connectivity index (χ0) is 20.1. The molecule has 3 aromatic rings. The summed E-state index contributed by atoms with van der Waals surface area (Å²) in [4.78, 5) is 16.5. The van der Waals surface area contributed by atoms with Gasteiger partial charge in [0.15, 0.2) is 12.4 Å². The first-order chi connectivity index (χ1) is 13.4. The molecule has 8 heteroatoms. The summed E-state index contributed by atoms with van der Waals surface area (Å²) in [5, 5.41) is 7.77. The first-order valence-electron chi connectivity index (χ1n) is 9.05. The van der Waals surface area contributed by atoms with Crippen LogP contribution in [-0.2, 0) is 24.4 Å². The summed E-state index contributed by atoms with van der Waals surface area (Å²) >= 11 is 0. The number of benzene rings is 1. The van der Waals surface area contributed by atoms with E-state index in [1.807, 2.05) is 13.8 Å². The Hall–Kier alpha value is -3.16. The monoisotopic (exact) mass is 385 g/mol. The van der Waals surface area contributed by atoms with Gasteiger partial charge in [-0.2, -0.15) is 4.98 Å². The molecule has 0 atom stereocenters. The Morgan fingerprint density at radius 1 is 1.14 bits per heavy atom. The van der Waals surface area contributed by atoms with Crippen molar-refractivity contribution in [2.75, 3.05) is 0 Å². The van der Waals surface area contributed by atoms with E-state index >= 15 is 0 Å². The fourth-order valence-corrected chi connectivity index (χ4v) is 2.58. The highest BCUT2D eigenvalue weighted by Crippen LogP contribution is 2.19. The quantitative estimate of drug-likeness (QED) is 0.540. The average Bonchev–Trinajstić information content (AvgIpc) is 3.24. The molecule has 0 saturated heterocycles. The fourth-order valence-electron chi connectivity index (χ4n) is 2.58. The number of hydrogen-bond acceptors (Lipinski definition) is 8. The molecule has 0 spiro atoms. The zero-order valence-corrected chi connectivity index (χ0v) is 16.4. The van der Waals surface area contributed by atoms with Crippen LogP contribution in [0, 0.1) is 19.8 Å². The van der Waals surface area contributed by atoms with Gasteiger partial charge in [0.05, 0.1) is 16.8 Å². The molecule has 3 rings (SSSR count). The minimum Gasteiger partial charge on any atom is -0.489 e. The van der Waals surface area contributed by atoms with Crippen molar-refractivity contribution in [1.29, 1.82) is 0 Å². The Labute approximate surface area is 162 Å². The van der Waals surface area contributed by atoms with Crippen molar-refractivity contribution in [3.8, 4) is 5.75 Å². The number of rotatable bonds is 8. The number of esters is 1. The van der Waals surface area contributed by atoms with Crippen molar-refractivity contribution >= 4 is 5.97 Å². The number of ether oxygens (including phenoxy) is 2.